The molecule has 0 saturated heterocycles. The molecule has 1 aliphatic rings. The minimum atomic E-state index is 0.827. The lowest BCUT2D eigenvalue weighted by Crippen LogP contribution is -2.46. The molecule has 0 bridgehead atoms. The molecule has 2 aromatic carbocycles. The zero-order chi connectivity index (χ0) is 16.5. The second kappa shape index (κ2) is 5.98. The molecule has 3 aromatic rings. The van der Waals surface area contributed by atoms with Crippen LogP contribution < -0.4 is 15.7 Å². The van der Waals surface area contributed by atoms with Gasteiger partial charge >= 0.3 is 0 Å². The number of hydrogen-bond donors (Lipinski definition) is 1. The molecule has 0 aliphatic carbocycles. The van der Waals surface area contributed by atoms with Crippen molar-refractivity contribution in [2.75, 3.05) is 10.1 Å². The summed E-state index contributed by atoms with van der Waals surface area (Å²) in [4.78, 5) is 5.93. The highest BCUT2D eigenvalue weighted by Crippen LogP contribution is 2.31. The number of aromatic nitrogens is 1. The fourth-order valence-corrected chi connectivity index (χ4v) is 3.42. The summed E-state index contributed by atoms with van der Waals surface area (Å²) >= 11 is 1.66. The van der Waals surface area contributed by atoms with E-state index in [0.717, 1.165) is 27.9 Å². The van der Waals surface area contributed by atoms with E-state index in [-0.39, 0.29) is 0 Å². The first-order chi connectivity index (χ1) is 11.7. The Labute approximate surface area is 144 Å². The number of amidine groups is 1. The molecular weight excluding hydrogens is 318 g/mol. The number of hydrazone groups is 1. The number of hydrazine groups is 2. The van der Waals surface area contributed by atoms with Gasteiger partial charge in [0.05, 0.1) is 11.4 Å². The quantitative estimate of drug-likeness (QED) is 0.789. The van der Waals surface area contributed by atoms with Crippen LogP contribution in [0.25, 0.3) is 0 Å². The number of nitrogens with one attached hydrogen (secondary N) is 1. The topological polar surface area (TPSA) is 43.8 Å². The van der Waals surface area contributed by atoms with Gasteiger partial charge in [0.1, 0.15) is 0 Å². The highest BCUT2D eigenvalue weighted by molar-refractivity contribution is 7.15. The Morgan fingerprint density at radius 1 is 0.917 bits per heavy atom. The highest BCUT2D eigenvalue weighted by atomic mass is 32.1. The third kappa shape index (κ3) is 2.51. The molecule has 1 aliphatic heterocycles. The van der Waals surface area contributed by atoms with Crippen LogP contribution in [0.2, 0.25) is 0 Å². The van der Waals surface area contributed by atoms with Crippen molar-refractivity contribution >= 4 is 28.0 Å². The summed E-state index contributed by atoms with van der Waals surface area (Å²) in [5, 5.41) is 9.38. The van der Waals surface area contributed by atoms with Gasteiger partial charge in [-0.2, -0.15) is 15.7 Å². The fourth-order valence-electron chi connectivity index (χ4n) is 2.52. The molecule has 2 heterocycles. The van der Waals surface area contributed by atoms with Crippen molar-refractivity contribution in [3.8, 4) is 0 Å². The minimum Gasteiger partial charge on any atom is -0.223 e. The molecule has 0 atom stereocenters. The highest BCUT2D eigenvalue weighted by Gasteiger charge is 2.31. The van der Waals surface area contributed by atoms with Gasteiger partial charge in [0.25, 0.3) is 0 Å². The average Bonchev–Trinajstić information content (AvgIpc) is 3.20. The van der Waals surface area contributed by atoms with Crippen molar-refractivity contribution < 1.29 is 0 Å². The lowest BCUT2D eigenvalue weighted by Gasteiger charge is -2.28. The van der Waals surface area contributed by atoms with Gasteiger partial charge < -0.3 is 0 Å². The molecule has 0 saturated carbocycles. The van der Waals surface area contributed by atoms with Gasteiger partial charge in [-0.1, -0.05) is 59.9 Å². The Bertz CT molecular complexity index is 853. The van der Waals surface area contributed by atoms with Crippen molar-refractivity contribution in [2.45, 2.75) is 13.8 Å². The Balaban J connectivity index is 1.80. The first-order valence-corrected chi connectivity index (χ1v) is 8.53. The molecular formula is C18H17N5S. The third-order valence-electron chi connectivity index (χ3n) is 3.88. The number of thiazole rings is 1. The van der Waals surface area contributed by atoms with E-state index >= 15 is 0 Å². The first-order valence-electron chi connectivity index (χ1n) is 7.72. The predicted octanol–water partition coefficient (Wildman–Crippen LogP) is 3.87. The Hall–Kier alpha value is -2.86. The van der Waals surface area contributed by atoms with Crippen molar-refractivity contribution in [1.29, 1.82) is 0 Å². The van der Waals surface area contributed by atoms with Crippen molar-refractivity contribution in [1.82, 2.24) is 10.5 Å². The molecule has 6 heteroatoms. The van der Waals surface area contributed by atoms with Gasteiger partial charge in [-0.05, 0) is 26.0 Å². The summed E-state index contributed by atoms with van der Waals surface area (Å²) < 4.78 is 0. The maximum atomic E-state index is 4.73. The molecule has 24 heavy (non-hydrogen) atoms. The minimum absolute atomic E-state index is 0.827. The van der Waals surface area contributed by atoms with E-state index < -0.39 is 0 Å². The summed E-state index contributed by atoms with van der Waals surface area (Å²) in [6.45, 7) is 4.12. The van der Waals surface area contributed by atoms with Crippen LogP contribution in [-0.4, -0.2) is 10.8 Å². The van der Waals surface area contributed by atoms with Crippen LogP contribution in [0.5, 0.6) is 0 Å². The monoisotopic (exact) mass is 335 g/mol. The van der Waals surface area contributed by atoms with Crippen LogP contribution in [0, 0.1) is 13.8 Å². The van der Waals surface area contributed by atoms with E-state index in [4.69, 9.17) is 4.98 Å². The molecule has 5 nitrogen and oxygen atoms in total. The number of hydrogen-bond acceptors (Lipinski definition) is 6. The Kier molecular flexibility index (Phi) is 3.66. The molecule has 1 aromatic heterocycles. The SMILES string of the molecule is Cc1nc(N2C(c3ccccc3)=NNN2c2ccccc2)sc1C. The Morgan fingerprint density at radius 3 is 2.21 bits per heavy atom. The summed E-state index contributed by atoms with van der Waals surface area (Å²) in [5.41, 5.74) is 6.19. The van der Waals surface area contributed by atoms with E-state index in [9.17, 15) is 0 Å². The van der Waals surface area contributed by atoms with E-state index in [1.165, 1.54) is 4.88 Å². The second-order valence-corrected chi connectivity index (χ2v) is 6.68. The molecule has 4 rings (SSSR count). The number of benzene rings is 2. The van der Waals surface area contributed by atoms with Crippen molar-refractivity contribution in [2.24, 2.45) is 5.10 Å². The van der Waals surface area contributed by atoms with E-state index in [1.807, 2.05) is 65.6 Å². The van der Waals surface area contributed by atoms with Crippen LogP contribution in [0.15, 0.2) is 65.8 Å². The van der Waals surface area contributed by atoms with Crippen LogP contribution in [0.1, 0.15) is 16.1 Å². The maximum absolute atomic E-state index is 4.73. The van der Waals surface area contributed by atoms with Crippen LogP contribution in [-0.2, 0) is 0 Å². The number of rotatable bonds is 3. The van der Waals surface area contributed by atoms with E-state index in [1.54, 1.807) is 11.3 Å². The lowest BCUT2D eigenvalue weighted by molar-refractivity contribution is 0.721. The third-order valence-corrected chi connectivity index (χ3v) is 4.93. The standard InChI is InChI=1S/C18H17N5S/c1-13-14(2)24-18(19-13)22-17(15-9-5-3-6-10-15)20-21-23(22)16-11-7-4-8-12-16/h3-12,21H,1-2H3. The average molecular weight is 335 g/mol. The smallest absolute Gasteiger partial charge is 0.212 e. The van der Waals surface area contributed by atoms with Crippen LogP contribution in [0.3, 0.4) is 0 Å². The fraction of sp³-hybridized carbons (Fsp3) is 0.111. The molecule has 0 radical (unpaired) electrons. The van der Waals surface area contributed by atoms with Crippen molar-refractivity contribution in [3.05, 3.63) is 76.8 Å². The zero-order valence-corrected chi connectivity index (χ0v) is 14.3. The molecule has 0 fully saturated rings. The van der Waals surface area contributed by atoms with Gasteiger partial charge in [-0.25, -0.2) is 4.98 Å². The number of anilines is 2. The normalized spacial score (nSPS) is 13.8. The zero-order valence-electron chi connectivity index (χ0n) is 13.5. The summed E-state index contributed by atoms with van der Waals surface area (Å²) in [6.07, 6.45) is 0. The summed E-state index contributed by atoms with van der Waals surface area (Å²) in [7, 11) is 0. The largest absolute Gasteiger partial charge is 0.223 e. The maximum Gasteiger partial charge on any atom is 0.212 e. The molecule has 0 unspecified atom stereocenters. The number of aryl methyl sites for hydroxylation is 2. The van der Waals surface area contributed by atoms with Crippen LogP contribution >= 0.6 is 11.3 Å². The molecule has 0 spiro atoms. The van der Waals surface area contributed by atoms with E-state index in [0.29, 0.717) is 0 Å². The van der Waals surface area contributed by atoms with Gasteiger partial charge in [0.2, 0.25) is 5.13 Å². The van der Waals surface area contributed by atoms with E-state index in [2.05, 4.69) is 29.7 Å². The Morgan fingerprint density at radius 2 is 1.58 bits per heavy atom. The summed E-state index contributed by atoms with van der Waals surface area (Å²) in [5.74, 6) is 0.827. The molecule has 120 valence electrons. The van der Waals surface area contributed by atoms with Gasteiger partial charge in [0.15, 0.2) is 5.84 Å². The van der Waals surface area contributed by atoms with Gasteiger partial charge in [-0.15, -0.1) is 5.10 Å². The van der Waals surface area contributed by atoms with Crippen molar-refractivity contribution in [3.63, 3.8) is 0 Å². The second-order valence-electron chi connectivity index (χ2n) is 5.50. The van der Waals surface area contributed by atoms with Gasteiger partial charge in [-0.3, -0.25) is 0 Å². The number of para-hydroxylation sites is 1. The predicted molar refractivity (Wildman–Crippen MR) is 99.1 cm³/mol. The molecule has 1 N–H and O–H groups in total. The lowest BCUT2D eigenvalue weighted by atomic mass is 10.2. The number of nitrogens with zero attached hydrogens (tertiary/aromatic N) is 4. The summed E-state index contributed by atoms with van der Waals surface area (Å²) in [6, 6.07) is 20.2. The molecule has 0 amide bonds. The van der Waals surface area contributed by atoms with Gasteiger partial charge in [0, 0.05) is 10.4 Å². The van der Waals surface area contributed by atoms with Crippen LogP contribution in [0.4, 0.5) is 10.8 Å². The first kappa shape index (κ1) is 14.7.